The van der Waals surface area contributed by atoms with Crippen LogP contribution in [0.3, 0.4) is 0 Å². The first-order valence-electron chi connectivity index (χ1n) is 13.2. The van der Waals surface area contributed by atoms with Crippen LogP contribution >= 0.6 is 0 Å². The van der Waals surface area contributed by atoms with Crippen LogP contribution in [-0.2, 0) is 10.3 Å². The highest BCUT2D eigenvalue weighted by molar-refractivity contribution is 5.93. The van der Waals surface area contributed by atoms with Gasteiger partial charge in [0.1, 0.15) is 16.8 Å². The topological polar surface area (TPSA) is 120 Å². The Balaban J connectivity index is 1.59. The molecule has 0 radical (unpaired) electrons. The van der Waals surface area contributed by atoms with Crippen molar-refractivity contribution in [2.45, 2.75) is 38.8 Å². The minimum Gasteiger partial charge on any atom is -0.444 e. The Morgan fingerprint density at radius 2 is 1.25 bits per heavy atom. The standard InChI is InChI=1S/C31H36N6O3/c1-22-26(34-28(38)32-20-21-33-29(39)40-30(2,3)4)27(37-36-22)35-31(23-14-8-5-9-15-23,24-16-10-6-11-17-24)25-18-12-7-13-19-25/h5-19H,20-21H2,1-4H3,(H,33,39)(H2,32,34,38)(H2,35,36,37). The van der Waals surface area contributed by atoms with Crippen LogP contribution in [0.5, 0.6) is 0 Å². The van der Waals surface area contributed by atoms with Crippen molar-refractivity contribution in [3.05, 3.63) is 113 Å². The average molecular weight is 541 g/mol. The van der Waals surface area contributed by atoms with Crippen LogP contribution in [0.25, 0.3) is 0 Å². The zero-order valence-electron chi connectivity index (χ0n) is 23.2. The molecule has 0 saturated carbocycles. The number of aromatic nitrogens is 2. The van der Waals surface area contributed by atoms with Gasteiger partial charge >= 0.3 is 12.1 Å². The number of rotatable bonds is 9. The molecular weight excluding hydrogens is 504 g/mol. The third-order valence-corrected chi connectivity index (χ3v) is 6.19. The van der Waals surface area contributed by atoms with Crippen molar-refractivity contribution in [1.82, 2.24) is 20.8 Å². The second kappa shape index (κ2) is 12.4. The van der Waals surface area contributed by atoms with Gasteiger partial charge < -0.3 is 26.0 Å². The summed E-state index contributed by atoms with van der Waals surface area (Å²) in [5.41, 5.74) is 2.84. The van der Waals surface area contributed by atoms with Crippen molar-refractivity contribution < 1.29 is 14.3 Å². The second-order valence-corrected chi connectivity index (χ2v) is 10.4. The smallest absolute Gasteiger partial charge is 0.407 e. The maximum absolute atomic E-state index is 12.8. The summed E-state index contributed by atoms with van der Waals surface area (Å²) >= 11 is 0. The van der Waals surface area contributed by atoms with E-state index >= 15 is 0 Å². The average Bonchev–Trinajstić information content (AvgIpc) is 3.28. The highest BCUT2D eigenvalue weighted by atomic mass is 16.6. The van der Waals surface area contributed by atoms with Crippen LogP contribution in [0.1, 0.15) is 43.2 Å². The lowest BCUT2D eigenvalue weighted by Gasteiger charge is -2.37. The Bertz CT molecular complexity index is 1300. The van der Waals surface area contributed by atoms with Gasteiger partial charge in [0.25, 0.3) is 0 Å². The lowest BCUT2D eigenvalue weighted by molar-refractivity contribution is 0.0528. The molecule has 40 heavy (non-hydrogen) atoms. The number of ether oxygens (including phenoxy) is 1. The van der Waals surface area contributed by atoms with Gasteiger partial charge in [0.2, 0.25) is 0 Å². The lowest BCUT2D eigenvalue weighted by atomic mass is 9.77. The Labute approximate surface area is 234 Å². The first kappa shape index (κ1) is 28.2. The number of aromatic amines is 1. The minimum atomic E-state index is -0.810. The Morgan fingerprint density at radius 3 is 1.73 bits per heavy atom. The molecule has 0 bridgehead atoms. The minimum absolute atomic E-state index is 0.215. The van der Waals surface area contributed by atoms with Gasteiger partial charge in [0, 0.05) is 13.1 Å². The van der Waals surface area contributed by atoms with Gasteiger partial charge in [-0.25, -0.2) is 9.59 Å². The monoisotopic (exact) mass is 540 g/mol. The van der Waals surface area contributed by atoms with E-state index in [0.717, 1.165) is 16.7 Å². The van der Waals surface area contributed by atoms with E-state index in [1.54, 1.807) is 20.8 Å². The number of hydrogen-bond donors (Lipinski definition) is 5. The lowest BCUT2D eigenvalue weighted by Crippen LogP contribution is -2.40. The molecule has 0 spiro atoms. The fraction of sp³-hybridized carbons (Fsp3) is 0.258. The third kappa shape index (κ3) is 6.79. The van der Waals surface area contributed by atoms with Gasteiger partial charge in [-0.1, -0.05) is 91.0 Å². The van der Waals surface area contributed by atoms with Crippen molar-refractivity contribution >= 4 is 23.6 Å². The Hall–Kier alpha value is -4.79. The predicted molar refractivity (Wildman–Crippen MR) is 157 cm³/mol. The molecular formula is C31H36N6O3. The van der Waals surface area contributed by atoms with Crippen LogP contribution in [0.15, 0.2) is 91.0 Å². The van der Waals surface area contributed by atoms with Crippen LogP contribution in [0, 0.1) is 6.92 Å². The van der Waals surface area contributed by atoms with E-state index in [-0.39, 0.29) is 13.1 Å². The van der Waals surface area contributed by atoms with Crippen LogP contribution in [0.2, 0.25) is 0 Å². The highest BCUT2D eigenvalue weighted by Gasteiger charge is 2.38. The van der Waals surface area contributed by atoms with Crippen LogP contribution in [0.4, 0.5) is 21.1 Å². The van der Waals surface area contributed by atoms with Crippen molar-refractivity contribution in [2.75, 3.05) is 23.7 Å². The van der Waals surface area contributed by atoms with Crippen LogP contribution in [-0.4, -0.2) is 41.0 Å². The summed E-state index contributed by atoms with van der Waals surface area (Å²) in [6, 6.07) is 30.0. The largest absolute Gasteiger partial charge is 0.444 e. The molecule has 0 unspecified atom stereocenters. The Morgan fingerprint density at radius 1 is 0.775 bits per heavy atom. The number of H-pyrrole nitrogens is 1. The summed E-state index contributed by atoms with van der Waals surface area (Å²) < 4.78 is 5.22. The summed E-state index contributed by atoms with van der Waals surface area (Å²) in [6.07, 6.45) is -0.536. The van der Waals surface area contributed by atoms with Gasteiger partial charge in [0.15, 0.2) is 5.82 Å². The number of aryl methyl sites for hydroxylation is 1. The van der Waals surface area contributed by atoms with Crippen LogP contribution < -0.4 is 21.3 Å². The molecule has 1 aromatic heterocycles. The zero-order valence-corrected chi connectivity index (χ0v) is 23.2. The number of urea groups is 1. The maximum Gasteiger partial charge on any atom is 0.407 e. The number of amides is 3. The van der Waals surface area contributed by atoms with E-state index in [1.165, 1.54) is 0 Å². The molecule has 0 aliphatic rings. The fourth-order valence-corrected chi connectivity index (χ4v) is 4.44. The van der Waals surface area contributed by atoms with Crippen molar-refractivity contribution in [3.63, 3.8) is 0 Å². The third-order valence-electron chi connectivity index (χ3n) is 6.19. The van der Waals surface area contributed by atoms with Crippen molar-refractivity contribution in [2.24, 2.45) is 0 Å². The number of anilines is 2. The predicted octanol–water partition coefficient (Wildman–Crippen LogP) is 5.77. The summed E-state index contributed by atoms with van der Waals surface area (Å²) in [5.74, 6) is 0.482. The molecule has 0 aliphatic heterocycles. The van der Waals surface area contributed by atoms with Gasteiger partial charge in [0.05, 0.1) is 5.69 Å². The van der Waals surface area contributed by atoms with Crippen molar-refractivity contribution in [3.8, 4) is 0 Å². The molecule has 9 nitrogen and oxygen atoms in total. The molecule has 3 amide bonds. The quantitative estimate of drug-likeness (QED) is 0.136. The molecule has 208 valence electrons. The molecule has 0 atom stereocenters. The van der Waals surface area contributed by atoms with E-state index in [2.05, 4.69) is 67.9 Å². The van der Waals surface area contributed by atoms with Gasteiger partial charge in [-0.3, -0.25) is 5.10 Å². The molecule has 0 saturated heterocycles. The first-order chi connectivity index (χ1) is 19.2. The van der Waals surface area contributed by atoms with E-state index in [1.807, 2.05) is 61.5 Å². The first-order valence-corrected chi connectivity index (χ1v) is 13.2. The zero-order chi connectivity index (χ0) is 28.6. The van der Waals surface area contributed by atoms with E-state index < -0.39 is 23.3 Å². The summed E-state index contributed by atoms with van der Waals surface area (Å²) in [4.78, 5) is 24.7. The molecule has 5 N–H and O–H groups in total. The molecule has 3 aromatic carbocycles. The molecule has 0 aliphatic carbocycles. The number of hydrogen-bond acceptors (Lipinski definition) is 5. The molecule has 0 fully saturated rings. The van der Waals surface area contributed by atoms with Crippen molar-refractivity contribution in [1.29, 1.82) is 0 Å². The number of benzene rings is 3. The fourth-order valence-electron chi connectivity index (χ4n) is 4.44. The summed E-state index contributed by atoms with van der Waals surface area (Å²) in [7, 11) is 0. The maximum atomic E-state index is 12.8. The number of carbonyl (C=O) groups excluding carboxylic acids is 2. The Kier molecular flexibility index (Phi) is 8.73. The summed E-state index contributed by atoms with van der Waals surface area (Å²) in [6.45, 7) is 7.65. The van der Waals surface area contributed by atoms with E-state index in [9.17, 15) is 9.59 Å². The van der Waals surface area contributed by atoms with E-state index in [4.69, 9.17) is 4.74 Å². The molecule has 1 heterocycles. The number of alkyl carbamates (subject to hydrolysis) is 1. The molecule has 4 aromatic rings. The number of nitrogens with zero attached hydrogens (tertiary/aromatic N) is 1. The highest BCUT2D eigenvalue weighted by Crippen LogP contribution is 2.41. The van der Waals surface area contributed by atoms with E-state index in [0.29, 0.717) is 17.2 Å². The second-order valence-electron chi connectivity index (χ2n) is 10.4. The van der Waals surface area contributed by atoms with Gasteiger partial charge in [-0.15, -0.1) is 0 Å². The number of carbonyl (C=O) groups is 2. The van der Waals surface area contributed by atoms with Gasteiger partial charge in [-0.2, -0.15) is 5.10 Å². The normalized spacial score (nSPS) is 11.4. The molecule has 9 heteroatoms. The summed E-state index contributed by atoms with van der Waals surface area (Å²) in [5, 5.41) is 19.5. The SMILES string of the molecule is Cc1[nH]nc(NC(c2ccccc2)(c2ccccc2)c2ccccc2)c1NC(=O)NCCNC(=O)OC(C)(C)C. The number of nitrogens with one attached hydrogen (secondary N) is 5. The molecule has 4 rings (SSSR count). The van der Waals surface area contributed by atoms with Gasteiger partial charge in [-0.05, 0) is 44.4 Å².